The lowest BCUT2D eigenvalue weighted by Crippen LogP contribution is -2.40. The molecule has 1 aromatic rings. The number of carbonyl (C=O) groups is 3. The zero-order chi connectivity index (χ0) is 21.5. The summed E-state index contributed by atoms with van der Waals surface area (Å²) in [5.41, 5.74) is -0.340. The van der Waals surface area contributed by atoms with E-state index in [-0.39, 0.29) is 37.0 Å². The van der Waals surface area contributed by atoms with Gasteiger partial charge in [0.15, 0.2) is 0 Å². The minimum atomic E-state index is -0.636. The molecule has 0 aliphatic carbocycles. The van der Waals surface area contributed by atoms with Gasteiger partial charge in [0.05, 0.1) is 0 Å². The number of ketones is 1. The molecule has 0 spiro atoms. The molecule has 0 aromatic heterocycles. The molecule has 0 unspecified atom stereocenters. The van der Waals surface area contributed by atoms with Crippen LogP contribution in [0.3, 0.4) is 0 Å². The molecular formula is C21H29BrFNO4. The third-order valence-electron chi connectivity index (χ3n) is 4.34. The van der Waals surface area contributed by atoms with Crippen molar-refractivity contribution >= 4 is 33.6 Å². The van der Waals surface area contributed by atoms with E-state index in [1.807, 2.05) is 13.8 Å². The minimum absolute atomic E-state index is 0.00926. The highest BCUT2D eigenvalue weighted by molar-refractivity contribution is 9.10. The van der Waals surface area contributed by atoms with Crippen LogP contribution in [0, 0.1) is 17.7 Å². The molecular weight excluding hydrogens is 429 g/mol. The van der Waals surface area contributed by atoms with Gasteiger partial charge >= 0.3 is 5.97 Å². The first-order valence-electron chi connectivity index (χ1n) is 9.38. The first-order chi connectivity index (χ1) is 12.9. The largest absolute Gasteiger partial charge is 0.459 e. The van der Waals surface area contributed by atoms with Crippen molar-refractivity contribution in [3.05, 3.63) is 34.1 Å². The lowest BCUT2D eigenvalue weighted by molar-refractivity contribution is -0.154. The molecule has 0 aliphatic rings. The van der Waals surface area contributed by atoms with Crippen molar-refractivity contribution in [3.8, 4) is 0 Å². The number of amides is 1. The molecule has 28 heavy (non-hydrogen) atoms. The maximum atomic E-state index is 14.0. The Balaban J connectivity index is 2.72. The van der Waals surface area contributed by atoms with Gasteiger partial charge in [0, 0.05) is 23.2 Å². The van der Waals surface area contributed by atoms with Gasteiger partial charge in [0.25, 0.3) is 0 Å². The molecule has 1 N–H and O–H groups in total. The zero-order valence-electron chi connectivity index (χ0n) is 17.1. The highest BCUT2D eigenvalue weighted by atomic mass is 79.9. The van der Waals surface area contributed by atoms with E-state index < -0.39 is 23.3 Å². The number of benzene rings is 1. The monoisotopic (exact) mass is 457 g/mol. The van der Waals surface area contributed by atoms with Crippen molar-refractivity contribution in [1.29, 1.82) is 0 Å². The maximum absolute atomic E-state index is 14.0. The van der Waals surface area contributed by atoms with Crippen LogP contribution in [0.5, 0.6) is 0 Å². The molecule has 0 bridgehead atoms. The Hall–Kier alpha value is -1.76. The predicted octanol–water partition coefficient (Wildman–Crippen LogP) is 4.21. The molecule has 0 radical (unpaired) electrons. The predicted molar refractivity (Wildman–Crippen MR) is 109 cm³/mol. The van der Waals surface area contributed by atoms with E-state index in [1.165, 1.54) is 6.07 Å². The molecule has 5 nitrogen and oxygen atoms in total. The average molecular weight is 458 g/mol. The molecule has 1 amide bonds. The second kappa shape index (κ2) is 10.7. The Morgan fingerprint density at radius 3 is 2.43 bits per heavy atom. The fourth-order valence-corrected chi connectivity index (χ4v) is 3.03. The SMILES string of the molecule is CC[C@H](C)[C@H](CC(=O)Cc1ccc(Br)cc1F)C(=O)NCC(=O)OC(C)(C)C. The van der Waals surface area contributed by atoms with Gasteiger partial charge in [-0.05, 0) is 44.4 Å². The van der Waals surface area contributed by atoms with Crippen molar-refractivity contribution in [2.45, 2.75) is 59.5 Å². The minimum Gasteiger partial charge on any atom is -0.459 e. The summed E-state index contributed by atoms with van der Waals surface area (Å²) >= 11 is 3.18. The molecule has 1 rings (SSSR count). The van der Waals surface area contributed by atoms with E-state index in [2.05, 4.69) is 21.2 Å². The van der Waals surface area contributed by atoms with Gasteiger partial charge in [0.1, 0.15) is 23.7 Å². The normalized spacial score (nSPS) is 13.5. The van der Waals surface area contributed by atoms with E-state index in [0.29, 0.717) is 16.5 Å². The van der Waals surface area contributed by atoms with Crippen molar-refractivity contribution in [1.82, 2.24) is 5.32 Å². The summed E-state index contributed by atoms with van der Waals surface area (Å²) < 4.78 is 19.7. The van der Waals surface area contributed by atoms with Gasteiger partial charge < -0.3 is 10.1 Å². The third-order valence-corrected chi connectivity index (χ3v) is 4.84. The Morgan fingerprint density at radius 1 is 1.25 bits per heavy atom. The van der Waals surface area contributed by atoms with E-state index in [1.54, 1.807) is 32.9 Å². The van der Waals surface area contributed by atoms with Gasteiger partial charge in [-0.25, -0.2) is 4.39 Å². The lowest BCUT2D eigenvalue weighted by Gasteiger charge is -2.23. The van der Waals surface area contributed by atoms with Crippen LogP contribution < -0.4 is 5.32 Å². The highest BCUT2D eigenvalue weighted by Crippen LogP contribution is 2.22. The Labute approximate surface area is 174 Å². The van der Waals surface area contributed by atoms with Crippen LogP contribution in [0.25, 0.3) is 0 Å². The number of Topliss-reactive ketones (excluding diaryl/α,β-unsaturated/α-hetero) is 1. The standard InChI is InChI=1S/C21H29BrFNO4/c1-6-13(2)17(20(27)24-12-19(26)28-21(3,4)5)11-16(25)9-14-7-8-15(22)10-18(14)23/h7-8,10,13,17H,6,9,11-12H2,1-5H3,(H,24,27)/t13-,17-/m0/s1. The number of nitrogens with one attached hydrogen (secondary N) is 1. The molecule has 0 saturated heterocycles. The van der Waals surface area contributed by atoms with Crippen LogP contribution in [0.2, 0.25) is 0 Å². The summed E-state index contributed by atoms with van der Waals surface area (Å²) in [6.45, 7) is 8.79. The van der Waals surface area contributed by atoms with Crippen LogP contribution >= 0.6 is 15.9 Å². The average Bonchev–Trinajstić information content (AvgIpc) is 2.58. The number of esters is 1. The van der Waals surface area contributed by atoms with E-state index in [4.69, 9.17) is 4.74 Å². The van der Waals surface area contributed by atoms with Gasteiger partial charge in [-0.15, -0.1) is 0 Å². The summed E-state index contributed by atoms with van der Waals surface area (Å²) in [7, 11) is 0. The Kier molecular flexibility index (Phi) is 9.27. The molecule has 7 heteroatoms. The Bertz CT molecular complexity index is 715. The van der Waals surface area contributed by atoms with Gasteiger partial charge in [0.2, 0.25) is 5.91 Å². The Morgan fingerprint density at radius 2 is 1.89 bits per heavy atom. The van der Waals surface area contributed by atoms with Gasteiger partial charge in [-0.3, -0.25) is 14.4 Å². The molecule has 0 heterocycles. The second-order valence-electron chi connectivity index (χ2n) is 7.95. The summed E-state index contributed by atoms with van der Waals surface area (Å²) in [4.78, 5) is 36.8. The quantitative estimate of drug-likeness (QED) is 0.563. The van der Waals surface area contributed by atoms with Crippen molar-refractivity contribution in [2.24, 2.45) is 11.8 Å². The topological polar surface area (TPSA) is 72.5 Å². The highest BCUT2D eigenvalue weighted by Gasteiger charge is 2.28. The molecule has 1 aromatic carbocycles. The van der Waals surface area contributed by atoms with E-state index in [9.17, 15) is 18.8 Å². The zero-order valence-corrected chi connectivity index (χ0v) is 18.7. The smallest absolute Gasteiger partial charge is 0.325 e. The number of hydrogen-bond donors (Lipinski definition) is 1. The summed E-state index contributed by atoms with van der Waals surface area (Å²) in [5, 5.41) is 2.56. The second-order valence-corrected chi connectivity index (χ2v) is 8.87. The number of ether oxygens (including phenoxy) is 1. The van der Waals surface area contributed by atoms with Gasteiger partial charge in [-0.1, -0.05) is 42.3 Å². The maximum Gasteiger partial charge on any atom is 0.325 e. The fraction of sp³-hybridized carbons (Fsp3) is 0.571. The number of hydrogen-bond acceptors (Lipinski definition) is 4. The first-order valence-corrected chi connectivity index (χ1v) is 10.2. The van der Waals surface area contributed by atoms with E-state index >= 15 is 0 Å². The molecule has 0 aliphatic heterocycles. The number of rotatable bonds is 9. The summed E-state index contributed by atoms with van der Waals surface area (Å²) in [6.07, 6.45) is 0.612. The number of halogens is 2. The molecule has 2 atom stereocenters. The summed E-state index contributed by atoms with van der Waals surface area (Å²) in [6, 6.07) is 4.53. The van der Waals surface area contributed by atoms with Gasteiger partial charge in [-0.2, -0.15) is 0 Å². The fourth-order valence-electron chi connectivity index (χ4n) is 2.70. The van der Waals surface area contributed by atoms with Crippen LogP contribution in [-0.2, 0) is 25.5 Å². The summed E-state index contributed by atoms with van der Waals surface area (Å²) in [5.74, 6) is -2.23. The van der Waals surface area contributed by atoms with Crippen LogP contribution in [-0.4, -0.2) is 29.8 Å². The lowest BCUT2D eigenvalue weighted by atomic mass is 9.85. The van der Waals surface area contributed by atoms with Crippen molar-refractivity contribution < 1.29 is 23.5 Å². The molecule has 0 saturated carbocycles. The third kappa shape index (κ3) is 8.50. The molecule has 156 valence electrons. The van der Waals surface area contributed by atoms with Crippen LogP contribution in [0.15, 0.2) is 22.7 Å². The molecule has 0 fully saturated rings. The first kappa shape index (κ1) is 24.3. The van der Waals surface area contributed by atoms with Crippen LogP contribution in [0.1, 0.15) is 53.0 Å². The van der Waals surface area contributed by atoms with Crippen LogP contribution in [0.4, 0.5) is 4.39 Å². The van der Waals surface area contributed by atoms with Crippen molar-refractivity contribution in [3.63, 3.8) is 0 Å². The number of carbonyl (C=O) groups excluding carboxylic acids is 3. The van der Waals surface area contributed by atoms with Crippen molar-refractivity contribution in [2.75, 3.05) is 6.54 Å². The van der Waals surface area contributed by atoms with E-state index in [0.717, 1.165) is 0 Å².